The number of hydrogen-bond acceptors (Lipinski definition) is 3. The van der Waals surface area contributed by atoms with Gasteiger partial charge in [0.25, 0.3) is 0 Å². The van der Waals surface area contributed by atoms with Crippen molar-refractivity contribution >= 4 is 0 Å². The maximum atomic E-state index is 4.48. The van der Waals surface area contributed by atoms with Gasteiger partial charge in [0.15, 0.2) is 0 Å². The molecular weight excluding hydrogens is 210 g/mol. The lowest BCUT2D eigenvalue weighted by Crippen LogP contribution is -2.41. The molecular formula is C14H21N3. The fraction of sp³-hybridized carbons (Fsp3) is 0.643. The second kappa shape index (κ2) is 4.75. The molecule has 3 heterocycles. The predicted molar refractivity (Wildman–Crippen MR) is 68.7 cm³/mol. The van der Waals surface area contributed by atoms with Gasteiger partial charge in [0.1, 0.15) is 0 Å². The fourth-order valence-corrected chi connectivity index (χ4v) is 3.22. The molecule has 1 aromatic heterocycles. The summed E-state index contributed by atoms with van der Waals surface area (Å²) in [5.41, 5.74) is 1.21. The zero-order valence-corrected chi connectivity index (χ0v) is 10.5. The number of fused-ring (bicyclic) bond motifs is 1. The van der Waals surface area contributed by atoms with Crippen LogP contribution in [0.4, 0.5) is 0 Å². The molecule has 0 saturated carbocycles. The van der Waals surface area contributed by atoms with Gasteiger partial charge in [-0.15, -0.1) is 0 Å². The van der Waals surface area contributed by atoms with Crippen LogP contribution >= 0.6 is 0 Å². The largest absolute Gasteiger partial charge is 0.316 e. The SMILES string of the molecule is CC(c1ccccn1)N1CCC2CNCC2C1. The lowest BCUT2D eigenvalue weighted by atomic mass is 9.88. The number of nitrogens with zero attached hydrogens (tertiary/aromatic N) is 2. The van der Waals surface area contributed by atoms with Crippen molar-refractivity contribution in [2.24, 2.45) is 11.8 Å². The standard InChI is InChI=1S/C14H21N3/c1-11(14-4-2-3-6-16-14)17-7-5-12-8-15-9-13(12)10-17/h2-4,6,11-13,15H,5,7-10H2,1H3. The van der Waals surface area contributed by atoms with Gasteiger partial charge in [-0.2, -0.15) is 0 Å². The van der Waals surface area contributed by atoms with Crippen molar-refractivity contribution in [1.82, 2.24) is 15.2 Å². The van der Waals surface area contributed by atoms with Crippen molar-refractivity contribution in [2.45, 2.75) is 19.4 Å². The van der Waals surface area contributed by atoms with Crippen molar-refractivity contribution in [3.05, 3.63) is 30.1 Å². The second-order valence-electron chi connectivity index (χ2n) is 5.39. The highest BCUT2D eigenvalue weighted by Crippen LogP contribution is 2.31. The number of piperidine rings is 1. The van der Waals surface area contributed by atoms with Crippen LogP contribution in [0.2, 0.25) is 0 Å². The molecule has 3 rings (SSSR count). The number of nitrogens with one attached hydrogen (secondary N) is 1. The topological polar surface area (TPSA) is 28.2 Å². The number of hydrogen-bond donors (Lipinski definition) is 1. The van der Waals surface area contributed by atoms with E-state index in [0.29, 0.717) is 6.04 Å². The molecule has 0 amide bonds. The monoisotopic (exact) mass is 231 g/mol. The predicted octanol–water partition coefficient (Wildman–Crippen LogP) is 1.68. The van der Waals surface area contributed by atoms with Crippen molar-refractivity contribution < 1.29 is 0 Å². The normalized spacial score (nSPS) is 31.1. The molecule has 2 aliphatic rings. The molecule has 3 atom stereocenters. The number of aromatic nitrogens is 1. The van der Waals surface area contributed by atoms with Gasteiger partial charge in [-0.3, -0.25) is 9.88 Å². The summed E-state index contributed by atoms with van der Waals surface area (Å²) in [6.07, 6.45) is 3.24. The van der Waals surface area contributed by atoms with E-state index in [2.05, 4.69) is 34.3 Å². The molecule has 1 aromatic rings. The van der Waals surface area contributed by atoms with Crippen molar-refractivity contribution in [3.8, 4) is 0 Å². The van der Waals surface area contributed by atoms with Crippen LogP contribution in [0.3, 0.4) is 0 Å². The zero-order chi connectivity index (χ0) is 11.7. The highest BCUT2D eigenvalue weighted by atomic mass is 15.2. The summed E-state index contributed by atoms with van der Waals surface area (Å²) in [6.45, 7) is 7.17. The van der Waals surface area contributed by atoms with Gasteiger partial charge in [-0.1, -0.05) is 6.07 Å². The average Bonchev–Trinajstić information content (AvgIpc) is 2.86. The smallest absolute Gasteiger partial charge is 0.0572 e. The van der Waals surface area contributed by atoms with Crippen LogP contribution in [-0.4, -0.2) is 36.1 Å². The first-order valence-electron chi connectivity index (χ1n) is 6.70. The minimum atomic E-state index is 0.456. The summed E-state index contributed by atoms with van der Waals surface area (Å²) in [5, 5.41) is 3.52. The van der Waals surface area contributed by atoms with E-state index >= 15 is 0 Å². The van der Waals surface area contributed by atoms with Crippen LogP contribution in [0.5, 0.6) is 0 Å². The lowest BCUT2D eigenvalue weighted by Gasteiger charge is -2.38. The Morgan fingerprint density at radius 1 is 1.35 bits per heavy atom. The van der Waals surface area contributed by atoms with Crippen LogP contribution in [-0.2, 0) is 0 Å². The molecule has 92 valence electrons. The Kier molecular flexibility index (Phi) is 3.12. The van der Waals surface area contributed by atoms with Gasteiger partial charge in [0, 0.05) is 18.8 Å². The first kappa shape index (κ1) is 11.2. The highest BCUT2D eigenvalue weighted by molar-refractivity contribution is 5.08. The Hall–Kier alpha value is -0.930. The van der Waals surface area contributed by atoms with E-state index in [9.17, 15) is 0 Å². The second-order valence-corrected chi connectivity index (χ2v) is 5.39. The third kappa shape index (κ3) is 2.22. The summed E-state index contributed by atoms with van der Waals surface area (Å²) in [6, 6.07) is 6.67. The minimum Gasteiger partial charge on any atom is -0.316 e. The van der Waals surface area contributed by atoms with Crippen LogP contribution in [0.1, 0.15) is 25.1 Å². The highest BCUT2D eigenvalue weighted by Gasteiger charge is 2.34. The molecule has 2 saturated heterocycles. The van der Waals surface area contributed by atoms with Gasteiger partial charge >= 0.3 is 0 Å². The van der Waals surface area contributed by atoms with Crippen molar-refractivity contribution in [3.63, 3.8) is 0 Å². The maximum absolute atomic E-state index is 4.48. The van der Waals surface area contributed by atoms with E-state index in [1.807, 2.05) is 12.3 Å². The minimum absolute atomic E-state index is 0.456. The molecule has 3 heteroatoms. The quantitative estimate of drug-likeness (QED) is 0.839. The molecule has 2 fully saturated rings. The van der Waals surface area contributed by atoms with Gasteiger partial charge in [-0.05, 0) is 56.9 Å². The van der Waals surface area contributed by atoms with Crippen LogP contribution in [0.15, 0.2) is 24.4 Å². The van der Waals surface area contributed by atoms with Gasteiger partial charge < -0.3 is 5.32 Å². The molecule has 0 aromatic carbocycles. The molecule has 17 heavy (non-hydrogen) atoms. The van der Waals surface area contributed by atoms with Crippen LogP contribution < -0.4 is 5.32 Å². The average molecular weight is 231 g/mol. The first-order chi connectivity index (χ1) is 8.34. The summed E-state index contributed by atoms with van der Waals surface area (Å²) < 4.78 is 0. The van der Waals surface area contributed by atoms with E-state index in [1.165, 1.54) is 38.3 Å². The molecule has 1 N–H and O–H groups in total. The third-order valence-electron chi connectivity index (χ3n) is 4.40. The van der Waals surface area contributed by atoms with E-state index in [0.717, 1.165) is 11.8 Å². The Balaban J connectivity index is 1.69. The van der Waals surface area contributed by atoms with Gasteiger partial charge in [0.2, 0.25) is 0 Å². The molecule has 0 radical (unpaired) electrons. The maximum Gasteiger partial charge on any atom is 0.0572 e. The Labute approximate surface area is 103 Å². The molecule has 2 aliphatic heterocycles. The van der Waals surface area contributed by atoms with Crippen LogP contribution in [0.25, 0.3) is 0 Å². The fourth-order valence-electron chi connectivity index (χ4n) is 3.22. The lowest BCUT2D eigenvalue weighted by molar-refractivity contribution is 0.109. The van der Waals surface area contributed by atoms with E-state index < -0.39 is 0 Å². The van der Waals surface area contributed by atoms with Gasteiger partial charge in [0.05, 0.1) is 5.69 Å². The summed E-state index contributed by atoms with van der Waals surface area (Å²) in [7, 11) is 0. The Morgan fingerprint density at radius 3 is 3.06 bits per heavy atom. The van der Waals surface area contributed by atoms with E-state index in [-0.39, 0.29) is 0 Å². The summed E-state index contributed by atoms with van der Waals surface area (Å²) >= 11 is 0. The first-order valence-corrected chi connectivity index (χ1v) is 6.70. The van der Waals surface area contributed by atoms with E-state index in [1.54, 1.807) is 0 Å². The number of likely N-dealkylation sites (tertiary alicyclic amines) is 1. The molecule has 0 spiro atoms. The summed E-state index contributed by atoms with van der Waals surface area (Å²) in [4.78, 5) is 7.08. The third-order valence-corrected chi connectivity index (χ3v) is 4.40. The molecule has 3 nitrogen and oxygen atoms in total. The Morgan fingerprint density at radius 2 is 2.24 bits per heavy atom. The molecule has 0 bridgehead atoms. The molecule has 3 unspecified atom stereocenters. The number of pyridine rings is 1. The van der Waals surface area contributed by atoms with Crippen molar-refractivity contribution in [1.29, 1.82) is 0 Å². The van der Waals surface area contributed by atoms with Crippen LogP contribution in [0, 0.1) is 11.8 Å². The number of rotatable bonds is 2. The van der Waals surface area contributed by atoms with Gasteiger partial charge in [-0.25, -0.2) is 0 Å². The Bertz CT molecular complexity index is 365. The summed E-state index contributed by atoms with van der Waals surface area (Å²) in [5.74, 6) is 1.78. The van der Waals surface area contributed by atoms with Crippen molar-refractivity contribution in [2.75, 3.05) is 26.2 Å². The zero-order valence-electron chi connectivity index (χ0n) is 10.5. The molecule has 0 aliphatic carbocycles. The van der Waals surface area contributed by atoms with E-state index in [4.69, 9.17) is 0 Å².